The van der Waals surface area contributed by atoms with E-state index in [1.807, 2.05) is 0 Å². The van der Waals surface area contributed by atoms with E-state index in [4.69, 9.17) is 5.41 Å². The molecule has 0 saturated carbocycles. The summed E-state index contributed by atoms with van der Waals surface area (Å²) >= 11 is 0. The number of benzene rings is 2. The van der Waals surface area contributed by atoms with E-state index in [-0.39, 0.29) is 18.2 Å². The monoisotopic (exact) mass is 575 g/mol. The van der Waals surface area contributed by atoms with E-state index in [2.05, 4.69) is 24.5 Å². The van der Waals surface area contributed by atoms with Gasteiger partial charge in [0.1, 0.15) is 11.6 Å². The average molecular weight is 576 g/mol. The smallest absolute Gasteiger partial charge is 0.321 e. The minimum Gasteiger partial charge on any atom is -0.354 e. The summed E-state index contributed by atoms with van der Waals surface area (Å²) in [5, 5.41) is 13.1. The molecule has 0 spiro atoms. The molecule has 0 bridgehead atoms. The van der Waals surface area contributed by atoms with E-state index in [0.29, 0.717) is 29.9 Å². The van der Waals surface area contributed by atoms with Gasteiger partial charge in [0.2, 0.25) is 11.5 Å². The number of halogens is 4. The van der Waals surface area contributed by atoms with Crippen LogP contribution in [0.25, 0.3) is 0 Å². The van der Waals surface area contributed by atoms with Crippen LogP contribution in [-0.2, 0) is 16.6 Å². The lowest BCUT2D eigenvalue weighted by Crippen LogP contribution is -2.46. The van der Waals surface area contributed by atoms with Gasteiger partial charge in [0, 0.05) is 68.9 Å². The molecular formula is C29H33F4N5O3. The summed E-state index contributed by atoms with van der Waals surface area (Å²) in [5.74, 6) is -7.87. The fraction of sp³-hybridized carbons (Fsp3) is 0.310. The SMILES string of the molecule is CCC.Cn1cc(Nc2ccc(N3C(=O)C[C@H](NC(=O)C(C)(F)F)[C@H]3c3ccc(F)cc3F)cc2C=N)ccc1=O.[HH]. The Bertz CT molecular complexity index is 1510. The molecule has 3 N–H and O–H groups in total. The Kier molecular flexibility index (Phi) is 9.69. The fourth-order valence-electron chi connectivity index (χ4n) is 4.32. The first-order chi connectivity index (χ1) is 19.3. The molecule has 12 heteroatoms. The van der Waals surface area contributed by atoms with Gasteiger partial charge in [-0.05, 0) is 30.3 Å². The second kappa shape index (κ2) is 12.8. The number of hydrogen-bond donors (Lipinski definition) is 3. The van der Waals surface area contributed by atoms with Crippen molar-refractivity contribution in [2.45, 2.75) is 51.6 Å². The third kappa shape index (κ3) is 7.19. The van der Waals surface area contributed by atoms with Gasteiger partial charge in [-0.2, -0.15) is 8.78 Å². The molecule has 2 amide bonds. The molecule has 220 valence electrons. The molecule has 2 atom stereocenters. The second-order valence-electron chi connectivity index (χ2n) is 9.66. The normalized spacial score (nSPS) is 16.6. The number of aromatic nitrogens is 1. The summed E-state index contributed by atoms with van der Waals surface area (Å²) in [6, 6.07) is 7.59. The standard InChI is InChI=1S/C26H23F4N5O3.C3H8.H2/c1-26(29,30)25(38)33-21-11-23(37)35(24(21)18-6-3-15(27)10-19(18)28)17-5-7-20(14(9-17)12-31)32-16-4-8-22(36)34(2)13-16;1-3-2;/h3-10,12-13,21,24,31-32H,11H2,1-2H3,(H,33,38);3H2,1-2H3;1H/t21-,24+;;/m0../s1. The van der Waals surface area contributed by atoms with Crippen molar-refractivity contribution in [2.24, 2.45) is 7.05 Å². The Hall–Kier alpha value is -4.48. The summed E-state index contributed by atoms with van der Waals surface area (Å²) in [7, 11) is 1.57. The summed E-state index contributed by atoms with van der Waals surface area (Å²) in [6.07, 6.45) is 3.40. The van der Waals surface area contributed by atoms with E-state index >= 15 is 0 Å². The van der Waals surface area contributed by atoms with Gasteiger partial charge in [0.05, 0.1) is 17.8 Å². The number of hydrogen-bond acceptors (Lipinski definition) is 5. The maximum atomic E-state index is 14.9. The highest BCUT2D eigenvalue weighted by Crippen LogP contribution is 2.40. The predicted octanol–water partition coefficient (Wildman–Crippen LogP) is 5.69. The van der Waals surface area contributed by atoms with Crippen LogP contribution in [-0.4, -0.2) is 34.6 Å². The minimum atomic E-state index is -3.75. The molecule has 0 unspecified atom stereocenters. The molecule has 1 fully saturated rings. The van der Waals surface area contributed by atoms with Gasteiger partial charge in [0.25, 0.3) is 5.91 Å². The van der Waals surface area contributed by atoms with Crippen LogP contribution in [0.4, 0.5) is 34.6 Å². The second-order valence-corrected chi connectivity index (χ2v) is 9.66. The van der Waals surface area contributed by atoms with E-state index in [9.17, 15) is 31.9 Å². The Morgan fingerprint density at radius 3 is 2.39 bits per heavy atom. The van der Waals surface area contributed by atoms with Crippen LogP contribution in [0.5, 0.6) is 0 Å². The third-order valence-electron chi connectivity index (χ3n) is 6.15. The highest BCUT2D eigenvalue weighted by Gasteiger charge is 2.46. The van der Waals surface area contributed by atoms with Crippen molar-refractivity contribution in [3.8, 4) is 0 Å². The van der Waals surface area contributed by atoms with Gasteiger partial charge in [-0.3, -0.25) is 14.4 Å². The van der Waals surface area contributed by atoms with E-state index in [1.165, 1.54) is 29.2 Å². The number of carbonyl (C=O) groups excluding carboxylic acids is 2. The summed E-state index contributed by atoms with van der Waals surface area (Å²) in [6.45, 7) is 4.65. The van der Waals surface area contributed by atoms with Crippen LogP contribution in [0.1, 0.15) is 52.2 Å². The molecule has 2 heterocycles. The summed E-state index contributed by atoms with van der Waals surface area (Å²) in [4.78, 5) is 37.9. The Labute approximate surface area is 236 Å². The largest absolute Gasteiger partial charge is 0.354 e. The fourth-order valence-corrected chi connectivity index (χ4v) is 4.32. The molecule has 2 aromatic carbocycles. The number of nitrogens with one attached hydrogen (secondary N) is 3. The lowest BCUT2D eigenvalue weighted by Gasteiger charge is -2.30. The molecule has 1 aliphatic rings. The Morgan fingerprint density at radius 2 is 1.80 bits per heavy atom. The first kappa shape index (κ1) is 31.1. The van der Waals surface area contributed by atoms with Gasteiger partial charge in [-0.15, -0.1) is 0 Å². The molecule has 41 heavy (non-hydrogen) atoms. The Morgan fingerprint density at radius 1 is 1.12 bits per heavy atom. The van der Waals surface area contributed by atoms with Gasteiger partial charge < -0.3 is 25.5 Å². The number of carbonyl (C=O) groups is 2. The molecule has 1 aliphatic heterocycles. The molecule has 0 radical (unpaired) electrons. The van der Waals surface area contributed by atoms with Crippen LogP contribution < -0.4 is 21.1 Å². The molecule has 8 nitrogen and oxygen atoms in total. The van der Waals surface area contributed by atoms with E-state index in [0.717, 1.165) is 23.2 Å². The molecule has 4 rings (SSSR count). The van der Waals surface area contributed by atoms with Crippen LogP contribution >= 0.6 is 0 Å². The number of amides is 2. The molecular weight excluding hydrogens is 542 g/mol. The summed E-state index contributed by atoms with van der Waals surface area (Å²) in [5.41, 5.74) is 1.13. The van der Waals surface area contributed by atoms with Crippen LogP contribution in [0.3, 0.4) is 0 Å². The van der Waals surface area contributed by atoms with E-state index < -0.39 is 47.9 Å². The lowest BCUT2D eigenvalue weighted by molar-refractivity contribution is -0.143. The molecule has 3 aromatic rings. The number of pyridine rings is 1. The number of nitrogens with zero attached hydrogens (tertiary/aromatic N) is 2. The highest BCUT2D eigenvalue weighted by molar-refractivity contribution is 6.00. The number of alkyl halides is 2. The zero-order valence-electron chi connectivity index (χ0n) is 23.0. The zero-order valence-corrected chi connectivity index (χ0v) is 23.0. The van der Waals surface area contributed by atoms with Crippen molar-refractivity contribution in [3.63, 3.8) is 0 Å². The predicted molar refractivity (Wildman–Crippen MR) is 151 cm³/mol. The van der Waals surface area contributed by atoms with Crippen LogP contribution in [0.15, 0.2) is 59.5 Å². The topological polar surface area (TPSA) is 107 Å². The third-order valence-corrected chi connectivity index (χ3v) is 6.15. The zero-order chi connectivity index (χ0) is 30.5. The molecule has 1 aromatic heterocycles. The first-order valence-corrected chi connectivity index (χ1v) is 12.8. The Balaban J connectivity index is 0.00000148. The number of rotatable bonds is 7. The van der Waals surface area contributed by atoms with Crippen LogP contribution in [0.2, 0.25) is 0 Å². The van der Waals surface area contributed by atoms with Crippen molar-refractivity contribution in [1.82, 2.24) is 9.88 Å². The van der Waals surface area contributed by atoms with Crippen molar-refractivity contribution in [2.75, 3.05) is 10.2 Å². The quantitative estimate of drug-likeness (QED) is 0.249. The summed E-state index contributed by atoms with van der Waals surface area (Å²) < 4.78 is 57.1. The van der Waals surface area contributed by atoms with Gasteiger partial charge in [0.15, 0.2) is 0 Å². The lowest BCUT2D eigenvalue weighted by atomic mass is 9.98. The maximum absolute atomic E-state index is 14.9. The number of anilines is 3. The molecule has 0 aliphatic carbocycles. The van der Waals surface area contributed by atoms with Crippen molar-refractivity contribution in [1.29, 1.82) is 5.41 Å². The van der Waals surface area contributed by atoms with Crippen LogP contribution in [0, 0.1) is 17.0 Å². The van der Waals surface area contributed by atoms with Crippen molar-refractivity contribution >= 4 is 35.1 Å². The van der Waals surface area contributed by atoms with E-state index in [1.54, 1.807) is 25.4 Å². The maximum Gasteiger partial charge on any atom is 0.321 e. The van der Waals surface area contributed by atoms with Gasteiger partial charge >= 0.3 is 5.92 Å². The minimum absolute atomic E-state index is 0. The first-order valence-electron chi connectivity index (χ1n) is 12.8. The van der Waals surface area contributed by atoms with Gasteiger partial charge in [-0.25, -0.2) is 8.78 Å². The van der Waals surface area contributed by atoms with Crippen molar-refractivity contribution in [3.05, 3.63) is 87.8 Å². The highest BCUT2D eigenvalue weighted by atomic mass is 19.3. The molecule has 1 saturated heterocycles. The average Bonchev–Trinajstić information content (AvgIpc) is 3.21. The van der Waals surface area contributed by atoms with Crippen molar-refractivity contribution < 1.29 is 28.6 Å². The number of aryl methyl sites for hydroxylation is 1. The van der Waals surface area contributed by atoms with Gasteiger partial charge in [-0.1, -0.05) is 26.3 Å².